The summed E-state index contributed by atoms with van der Waals surface area (Å²) in [5, 5.41) is 7.88. The van der Waals surface area contributed by atoms with Crippen LogP contribution in [-0.2, 0) is 17.9 Å². The van der Waals surface area contributed by atoms with Crippen molar-refractivity contribution in [3.05, 3.63) is 35.5 Å². The lowest BCUT2D eigenvalue weighted by atomic mass is 10.2. The first-order chi connectivity index (χ1) is 8.58. The minimum absolute atomic E-state index is 0.00120. The van der Waals surface area contributed by atoms with Crippen LogP contribution in [0, 0.1) is 13.8 Å². The molecule has 2 aromatic rings. The zero-order chi connectivity index (χ0) is 13.1. The zero-order valence-corrected chi connectivity index (χ0v) is 10.8. The average molecular weight is 248 g/mol. The number of hydrogen-bond donors (Lipinski definition) is 0. The fourth-order valence-corrected chi connectivity index (χ4v) is 1.71. The molecule has 96 valence electrons. The third-order valence-electron chi connectivity index (χ3n) is 2.86. The van der Waals surface area contributed by atoms with Crippen molar-refractivity contribution < 1.29 is 9.32 Å². The van der Waals surface area contributed by atoms with Crippen LogP contribution < -0.4 is 0 Å². The second kappa shape index (κ2) is 5.03. The van der Waals surface area contributed by atoms with Crippen LogP contribution in [0.3, 0.4) is 0 Å². The van der Waals surface area contributed by atoms with Crippen LogP contribution in [0.1, 0.15) is 17.0 Å². The van der Waals surface area contributed by atoms with Gasteiger partial charge >= 0.3 is 0 Å². The molecule has 0 aliphatic carbocycles. The van der Waals surface area contributed by atoms with E-state index in [9.17, 15) is 4.79 Å². The van der Waals surface area contributed by atoms with Crippen molar-refractivity contribution in [1.29, 1.82) is 0 Å². The molecule has 2 rings (SSSR count). The Hall–Kier alpha value is -2.11. The number of likely N-dealkylation sites (N-methyl/N-ethyl adjacent to an activating group) is 1. The SMILES string of the molecule is Cc1noc(C)c1CN(C)C(=O)Cn1cccn1. The maximum absolute atomic E-state index is 12.0. The summed E-state index contributed by atoms with van der Waals surface area (Å²) < 4.78 is 6.68. The Balaban J connectivity index is 1.99. The Morgan fingerprint density at radius 1 is 1.50 bits per heavy atom. The Kier molecular flexibility index (Phi) is 3.45. The van der Waals surface area contributed by atoms with Crippen molar-refractivity contribution in [2.75, 3.05) is 7.05 Å². The van der Waals surface area contributed by atoms with Crippen molar-refractivity contribution in [1.82, 2.24) is 19.8 Å². The smallest absolute Gasteiger partial charge is 0.244 e. The lowest BCUT2D eigenvalue weighted by Gasteiger charge is -2.16. The summed E-state index contributed by atoms with van der Waals surface area (Å²) >= 11 is 0. The van der Waals surface area contributed by atoms with Gasteiger partial charge in [0.2, 0.25) is 5.91 Å². The van der Waals surface area contributed by atoms with Gasteiger partial charge in [0.15, 0.2) is 0 Å². The third-order valence-corrected chi connectivity index (χ3v) is 2.86. The van der Waals surface area contributed by atoms with Crippen LogP contribution in [0.25, 0.3) is 0 Å². The van der Waals surface area contributed by atoms with E-state index in [0.29, 0.717) is 6.54 Å². The van der Waals surface area contributed by atoms with Gasteiger partial charge in [0.25, 0.3) is 0 Å². The quantitative estimate of drug-likeness (QED) is 0.814. The highest BCUT2D eigenvalue weighted by Gasteiger charge is 2.15. The van der Waals surface area contributed by atoms with Gasteiger partial charge in [-0.25, -0.2) is 0 Å². The fourth-order valence-electron chi connectivity index (χ4n) is 1.71. The van der Waals surface area contributed by atoms with E-state index in [-0.39, 0.29) is 12.5 Å². The number of rotatable bonds is 4. The molecule has 0 aliphatic rings. The molecule has 0 spiro atoms. The van der Waals surface area contributed by atoms with Crippen LogP contribution in [0.4, 0.5) is 0 Å². The Morgan fingerprint density at radius 3 is 2.83 bits per heavy atom. The number of nitrogens with zero attached hydrogens (tertiary/aromatic N) is 4. The van der Waals surface area contributed by atoms with E-state index in [1.807, 2.05) is 13.8 Å². The van der Waals surface area contributed by atoms with Gasteiger partial charge in [0.05, 0.1) is 12.2 Å². The van der Waals surface area contributed by atoms with E-state index in [1.165, 1.54) is 0 Å². The molecule has 2 aromatic heterocycles. The summed E-state index contributed by atoms with van der Waals surface area (Å²) in [6.45, 7) is 4.47. The maximum atomic E-state index is 12.0. The normalized spacial score (nSPS) is 10.6. The summed E-state index contributed by atoms with van der Waals surface area (Å²) in [5.74, 6) is 0.755. The van der Waals surface area contributed by atoms with Gasteiger partial charge in [0.1, 0.15) is 12.3 Å². The van der Waals surface area contributed by atoms with Crippen LogP contribution in [0.15, 0.2) is 23.0 Å². The first-order valence-electron chi connectivity index (χ1n) is 5.71. The van der Waals surface area contributed by atoms with Gasteiger partial charge in [-0.1, -0.05) is 5.16 Å². The van der Waals surface area contributed by atoms with Gasteiger partial charge in [-0.3, -0.25) is 9.48 Å². The van der Waals surface area contributed by atoms with Crippen molar-refractivity contribution >= 4 is 5.91 Å². The van der Waals surface area contributed by atoms with E-state index >= 15 is 0 Å². The molecule has 0 N–H and O–H groups in total. The predicted molar refractivity (Wildman–Crippen MR) is 64.7 cm³/mol. The van der Waals surface area contributed by atoms with Gasteiger partial charge in [-0.05, 0) is 19.9 Å². The van der Waals surface area contributed by atoms with E-state index in [0.717, 1.165) is 17.0 Å². The summed E-state index contributed by atoms with van der Waals surface area (Å²) in [6.07, 6.45) is 3.42. The summed E-state index contributed by atoms with van der Waals surface area (Å²) in [5.41, 5.74) is 1.79. The first kappa shape index (κ1) is 12.3. The number of carbonyl (C=O) groups excluding carboxylic acids is 1. The van der Waals surface area contributed by atoms with Crippen molar-refractivity contribution in [3.63, 3.8) is 0 Å². The van der Waals surface area contributed by atoms with Gasteiger partial charge in [0, 0.05) is 25.0 Å². The monoisotopic (exact) mass is 248 g/mol. The Bertz CT molecular complexity index is 511. The standard InChI is InChI=1S/C12H16N4O2/c1-9-11(10(2)18-14-9)7-15(3)12(17)8-16-6-4-5-13-16/h4-6H,7-8H2,1-3H3. The molecule has 6 heteroatoms. The van der Waals surface area contributed by atoms with Crippen LogP contribution in [-0.4, -0.2) is 32.8 Å². The van der Waals surface area contributed by atoms with Crippen molar-refractivity contribution in [2.45, 2.75) is 26.9 Å². The third kappa shape index (κ3) is 2.58. The van der Waals surface area contributed by atoms with E-state index in [1.54, 1.807) is 35.1 Å². The molecule has 2 heterocycles. The molecule has 0 radical (unpaired) electrons. The molecule has 0 saturated heterocycles. The van der Waals surface area contributed by atoms with Crippen LogP contribution >= 0.6 is 0 Å². The van der Waals surface area contributed by atoms with E-state index < -0.39 is 0 Å². The number of hydrogen-bond acceptors (Lipinski definition) is 4. The molecule has 0 fully saturated rings. The van der Waals surface area contributed by atoms with Crippen LogP contribution in [0.2, 0.25) is 0 Å². The predicted octanol–water partition coefficient (Wildman–Crippen LogP) is 1.15. The molecule has 0 saturated carbocycles. The summed E-state index contributed by atoms with van der Waals surface area (Å²) in [6, 6.07) is 1.79. The summed E-state index contributed by atoms with van der Waals surface area (Å²) in [4.78, 5) is 13.6. The molecular formula is C12H16N4O2. The molecule has 0 atom stereocenters. The number of aromatic nitrogens is 3. The second-order valence-electron chi connectivity index (χ2n) is 4.26. The van der Waals surface area contributed by atoms with Crippen molar-refractivity contribution in [3.8, 4) is 0 Å². The molecule has 18 heavy (non-hydrogen) atoms. The number of amides is 1. The lowest BCUT2D eigenvalue weighted by molar-refractivity contribution is -0.131. The van der Waals surface area contributed by atoms with Crippen molar-refractivity contribution in [2.24, 2.45) is 0 Å². The van der Waals surface area contributed by atoms with Crippen LogP contribution in [0.5, 0.6) is 0 Å². The topological polar surface area (TPSA) is 64.2 Å². The maximum Gasteiger partial charge on any atom is 0.244 e. The molecule has 1 amide bonds. The highest BCUT2D eigenvalue weighted by molar-refractivity contribution is 5.75. The van der Waals surface area contributed by atoms with Gasteiger partial charge in [-0.15, -0.1) is 0 Å². The number of aryl methyl sites for hydroxylation is 2. The highest BCUT2D eigenvalue weighted by atomic mass is 16.5. The summed E-state index contributed by atoms with van der Waals surface area (Å²) in [7, 11) is 1.76. The zero-order valence-electron chi connectivity index (χ0n) is 10.8. The minimum Gasteiger partial charge on any atom is -0.361 e. The molecule has 0 aromatic carbocycles. The molecule has 6 nitrogen and oxygen atoms in total. The van der Waals surface area contributed by atoms with E-state index in [4.69, 9.17) is 4.52 Å². The lowest BCUT2D eigenvalue weighted by Crippen LogP contribution is -2.30. The molecule has 0 unspecified atom stereocenters. The highest BCUT2D eigenvalue weighted by Crippen LogP contribution is 2.14. The van der Waals surface area contributed by atoms with E-state index in [2.05, 4.69) is 10.3 Å². The number of carbonyl (C=O) groups is 1. The average Bonchev–Trinajstić information content (AvgIpc) is 2.94. The Labute approximate surface area is 105 Å². The molecule has 0 bridgehead atoms. The largest absolute Gasteiger partial charge is 0.361 e. The molecular weight excluding hydrogens is 232 g/mol. The minimum atomic E-state index is -0.00120. The van der Waals surface area contributed by atoms with Gasteiger partial charge < -0.3 is 9.42 Å². The Morgan fingerprint density at radius 2 is 2.28 bits per heavy atom. The second-order valence-corrected chi connectivity index (χ2v) is 4.26. The first-order valence-corrected chi connectivity index (χ1v) is 5.71. The van der Waals surface area contributed by atoms with Gasteiger partial charge in [-0.2, -0.15) is 5.10 Å². The molecule has 0 aliphatic heterocycles. The fraction of sp³-hybridized carbons (Fsp3) is 0.417.